The van der Waals surface area contributed by atoms with Gasteiger partial charge >= 0.3 is 0 Å². The number of hydrogen-bond donors (Lipinski definition) is 3. The lowest BCUT2D eigenvalue weighted by Crippen LogP contribution is -2.30. The molecule has 0 aliphatic heterocycles. The van der Waals surface area contributed by atoms with Crippen LogP contribution in [0.15, 0.2) is 24.3 Å². The van der Waals surface area contributed by atoms with Crippen molar-refractivity contribution in [3.8, 4) is 0 Å². The number of carbonyl (C=O) groups is 2. The van der Waals surface area contributed by atoms with Crippen molar-refractivity contribution in [3.63, 3.8) is 0 Å². The highest BCUT2D eigenvalue weighted by Gasteiger charge is 2.13. The third-order valence-corrected chi connectivity index (χ3v) is 3.41. The Morgan fingerprint density at radius 3 is 2.58 bits per heavy atom. The Balaban J connectivity index is 2.51. The summed E-state index contributed by atoms with van der Waals surface area (Å²) in [6, 6.07) is 6.90. The quantitative estimate of drug-likeness (QED) is 0.611. The fourth-order valence-corrected chi connectivity index (χ4v) is 2.37. The van der Waals surface area contributed by atoms with Gasteiger partial charge in [-0.25, -0.2) is 0 Å². The van der Waals surface area contributed by atoms with Crippen molar-refractivity contribution in [1.29, 1.82) is 0 Å². The zero-order valence-corrected chi connectivity index (χ0v) is 14.8. The molecule has 4 N–H and O–H groups in total. The predicted octanol–water partition coefficient (Wildman–Crippen LogP) is 2.15. The summed E-state index contributed by atoms with van der Waals surface area (Å²) in [6.07, 6.45) is 1.35. The molecular weight excluding hydrogens is 306 g/mol. The summed E-state index contributed by atoms with van der Waals surface area (Å²) in [4.78, 5) is 24.1. The standard InChI is InChI=1S/C18H29N3O3/c1-13(2)12-14(3)24-11-8-17(22)21-16-7-5-4-6-15(16)18(23)20-10-9-19/h4-7,13-14H,8-12,19H2,1-3H3,(H,20,23)(H,21,22). The molecule has 0 bridgehead atoms. The van der Waals surface area contributed by atoms with E-state index in [1.807, 2.05) is 6.92 Å². The molecule has 1 unspecified atom stereocenters. The highest BCUT2D eigenvalue weighted by Crippen LogP contribution is 2.15. The molecule has 0 aliphatic rings. The number of ether oxygens (including phenoxy) is 1. The van der Waals surface area contributed by atoms with Gasteiger partial charge in [0, 0.05) is 13.1 Å². The van der Waals surface area contributed by atoms with E-state index in [-0.39, 0.29) is 24.3 Å². The minimum atomic E-state index is -0.252. The van der Waals surface area contributed by atoms with Crippen molar-refractivity contribution in [2.24, 2.45) is 11.7 Å². The van der Waals surface area contributed by atoms with E-state index in [1.54, 1.807) is 24.3 Å². The van der Waals surface area contributed by atoms with Gasteiger partial charge in [0.15, 0.2) is 0 Å². The maximum absolute atomic E-state index is 12.1. The lowest BCUT2D eigenvalue weighted by Gasteiger charge is -2.15. The van der Waals surface area contributed by atoms with Gasteiger partial charge in [0.05, 0.1) is 30.4 Å². The van der Waals surface area contributed by atoms with Crippen molar-refractivity contribution < 1.29 is 14.3 Å². The minimum absolute atomic E-state index is 0.132. The molecule has 0 fully saturated rings. The number of carbonyl (C=O) groups excluding carboxylic acids is 2. The van der Waals surface area contributed by atoms with Crippen LogP contribution >= 0.6 is 0 Å². The number of hydrogen-bond acceptors (Lipinski definition) is 4. The van der Waals surface area contributed by atoms with Gasteiger partial charge in [0.1, 0.15) is 0 Å². The lowest BCUT2D eigenvalue weighted by atomic mass is 10.1. The third kappa shape index (κ3) is 7.57. The number of amides is 2. The molecule has 1 atom stereocenters. The fourth-order valence-electron chi connectivity index (χ4n) is 2.37. The number of para-hydroxylation sites is 1. The number of nitrogens with two attached hydrogens (primary N) is 1. The van der Waals surface area contributed by atoms with E-state index in [1.165, 1.54) is 0 Å². The average Bonchev–Trinajstić information content (AvgIpc) is 2.52. The molecule has 0 radical (unpaired) electrons. The average molecular weight is 335 g/mol. The second-order valence-electron chi connectivity index (χ2n) is 6.20. The minimum Gasteiger partial charge on any atom is -0.378 e. The zero-order chi connectivity index (χ0) is 17.9. The lowest BCUT2D eigenvalue weighted by molar-refractivity contribution is -0.117. The summed E-state index contributed by atoms with van der Waals surface area (Å²) < 4.78 is 5.64. The van der Waals surface area contributed by atoms with Gasteiger partial charge in [-0.1, -0.05) is 26.0 Å². The molecule has 1 rings (SSSR count). The van der Waals surface area contributed by atoms with Crippen LogP contribution in [0.25, 0.3) is 0 Å². The van der Waals surface area contributed by atoms with E-state index < -0.39 is 0 Å². The van der Waals surface area contributed by atoms with Crippen LogP contribution in [0, 0.1) is 5.92 Å². The second-order valence-corrected chi connectivity index (χ2v) is 6.20. The molecule has 0 aliphatic carbocycles. The molecular formula is C18H29N3O3. The smallest absolute Gasteiger partial charge is 0.253 e. The van der Waals surface area contributed by atoms with E-state index in [0.717, 1.165) is 6.42 Å². The molecule has 2 amide bonds. The van der Waals surface area contributed by atoms with Crippen LogP contribution in [0.1, 0.15) is 44.0 Å². The zero-order valence-electron chi connectivity index (χ0n) is 14.8. The van der Waals surface area contributed by atoms with Crippen LogP contribution in [0.4, 0.5) is 5.69 Å². The summed E-state index contributed by atoms with van der Waals surface area (Å²) in [7, 11) is 0. The maximum Gasteiger partial charge on any atom is 0.253 e. The van der Waals surface area contributed by atoms with Crippen LogP contribution in [-0.4, -0.2) is 37.6 Å². The Morgan fingerprint density at radius 1 is 1.21 bits per heavy atom. The number of nitrogens with one attached hydrogen (secondary N) is 2. The van der Waals surface area contributed by atoms with Crippen molar-refractivity contribution in [2.75, 3.05) is 25.0 Å². The highest BCUT2D eigenvalue weighted by molar-refractivity contribution is 6.03. The van der Waals surface area contributed by atoms with Crippen LogP contribution in [0.2, 0.25) is 0 Å². The van der Waals surface area contributed by atoms with Crippen molar-refractivity contribution in [1.82, 2.24) is 5.32 Å². The Labute approximate surface area is 144 Å². The molecule has 1 aromatic carbocycles. The summed E-state index contributed by atoms with van der Waals surface area (Å²) >= 11 is 0. The molecule has 0 aromatic heterocycles. The van der Waals surface area contributed by atoms with Gasteiger partial charge in [-0.15, -0.1) is 0 Å². The summed E-state index contributed by atoms with van der Waals surface area (Å²) in [5.41, 5.74) is 6.30. The largest absolute Gasteiger partial charge is 0.378 e. The van der Waals surface area contributed by atoms with Crippen LogP contribution in [0.3, 0.4) is 0 Å². The Hall–Kier alpha value is -1.92. The third-order valence-electron chi connectivity index (χ3n) is 3.41. The first-order valence-electron chi connectivity index (χ1n) is 8.42. The first kappa shape index (κ1) is 20.1. The van der Waals surface area contributed by atoms with Gasteiger partial charge in [0.2, 0.25) is 5.91 Å². The van der Waals surface area contributed by atoms with Gasteiger partial charge < -0.3 is 21.1 Å². The monoisotopic (exact) mass is 335 g/mol. The van der Waals surface area contributed by atoms with Crippen molar-refractivity contribution in [2.45, 2.75) is 39.7 Å². The summed E-state index contributed by atoms with van der Waals surface area (Å²) in [5, 5.41) is 5.47. The van der Waals surface area contributed by atoms with E-state index in [2.05, 4.69) is 24.5 Å². The molecule has 0 saturated carbocycles. The normalized spacial score (nSPS) is 12.0. The molecule has 0 heterocycles. The second kappa shape index (κ2) is 10.8. The Kier molecular flexibility index (Phi) is 9.04. The van der Waals surface area contributed by atoms with Crippen LogP contribution in [0.5, 0.6) is 0 Å². The fraction of sp³-hybridized carbons (Fsp3) is 0.556. The van der Waals surface area contributed by atoms with Crippen LogP contribution < -0.4 is 16.4 Å². The maximum atomic E-state index is 12.1. The predicted molar refractivity (Wildman–Crippen MR) is 95.9 cm³/mol. The van der Waals surface area contributed by atoms with E-state index in [9.17, 15) is 9.59 Å². The SMILES string of the molecule is CC(C)CC(C)OCCC(=O)Nc1ccccc1C(=O)NCCN. The van der Waals surface area contributed by atoms with E-state index in [4.69, 9.17) is 10.5 Å². The molecule has 134 valence electrons. The number of rotatable bonds is 10. The molecule has 0 spiro atoms. The van der Waals surface area contributed by atoms with Crippen molar-refractivity contribution in [3.05, 3.63) is 29.8 Å². The van der Waals surface area contributed by atoms with E-state index in [0.29, 0.717) is 36.9 Å². The number of benzene rings is 1. The van der Waals surface area contributed by atoms with Crippen molar-refractivity contribution >= 4 is 17.5 Å². The molecule has 0 saturated heterocycles. The first-order valence-corrected chi connectivity index (χ1v) is 8.42. The molecule has 24 heavy (non-hydrogen) atoms. The molecule has 1 aromatic rings. The Bertz CT molecular complexity index is 532. The van der Waals surface area contributed by atoms with Gasteiger partial charge in [-0.2, -0.15) is 0 Å². The Morgan fingerprint density at radius 2 is 1.92 bits per heavy atom. The highest BCUT2D eigenvalue weighted by atomic mass is 16.5. The molecule has 6 nitrogen and oxygen atoms in total. The molecule has 6 heteroatoms. The van der Waals surface area contributed by atoms with E-state index >= 15 is 0 Å². The number of anilines is 1. The topological polar surface area (TPSA) is 93.4 Å². The summed E-state index contributed by atoms with van der Waals surface area (Å²) in [5.74, 6) is 0.136. The van der Waals surface area contributed by atoms with Crippen LogP contribution in [-0.2, 0) is 9.53 Å². The van der Waals surface area contributed by atoms with Gasteiger partial charge in [-0.05, 0) is 31.4 Å². The van der Waals surface area contributed by atoms with Gasteiger partial charge in [0.25, 0.3) is 5.91 Å². The van der Waals surface area contributed by atoms with Gasteiger partial charge in [-0.3, -0.25) is 9.59 Å². The summed E-state index contributed by atoms with van der Waals surface area (Å²) in [6.45, 7) is 7.41. The first-order chi connectivity index (χ1) is 11.4.